The molecular formula is C25H30N4O4S. The molecule has 1 N–H and O–H groups in total. The minimum absolute atomic E-state index is 0.126. The third-order valence-electron chi connectivity index (χ3n) is 6.15. The first kappa shape index (κ1) is 24.1. The van der Waals surface area contributed by atoms with Gasteiger partial charge in [0.25, 0.3) is 11.5 Å². The van der Waals surface area contributed by atoms with Gasteiger partial charge in [0.05, 0.1) is 10.3 Å². The highest BCUT2D eigenvalue weighted by molar-refractivity contribution is 7.89. The number of hydrogen-bond donors (Lipinski definition) is 1. The average Bonchev–Trinajstić information content (AvgIpc) is 3.12. The summed E-state index contributed by atoms with van der Waals surface area (Å²) in [5, 5.41) is 8.00. The number of hydrogen-bond acceptors (Lipinski definition) is 5. The monoisotopic (exact) mass is 482 g/mol. The number of carbonyl (C=O) groups excluding carboxylic acids is 1. The zero-order chi connectivity index (χ0) is 24.3. The van der Waals surface area contributed by atoms with Crippen molar-refractivity contribution in [3.63, 3.8) is 0 Å². The van der Waals surface area contributed by atoms with Gasteiger partial charge in [-0.05, 0) is 49.9 Å². The second-order valence-corrected chi connectivity index (χ2v) is 10.6. The molecule has 0 radical (unpaired) electrons. The van der Waals surface area contributed by atoms with Crippen molar-refractivity contribution in [1.82, 2.24) is 14.1 Å². The number of rotatable bonds is 6. The molecule has 0 aliphatic carbocycles. The summed E-state index contributed by atoms with van der Waals surface area (Å²) in [5.74, 6) is -0.497. The largest absolute Gasteiger partial charge is 0.321 e. The Balaban J connectivity index is 1.69. The van der Waals surface area contributed by atoms with Gasteiger partial charge in [-0.2, -0.15) is 9.40 Å². The Morgan fingerprint density at radius 1 is 1.03 bits per heavy atom. The van der Waals surface area contributed by atoms with Crippen molar-refractivity contribution in [1.29, 1.82) is 0 Å². The van der Waals surface area contributed by atoms with Gasteiger partial charge in [-0.15, -0.1) is 0 Å². The van der Waals surface area contributed by atoms with Crippen molar-refractivity contribution in [2.75, 3.05) is 18.4 Å². The number of nitrogens with one attached hydrogen (secondary N) is 1. The summed E-state index contributed by atoms with van der Waals surface area (Å²) >= 11 is 0. The molecule has 1 amide bonds. The lowest BCUT2D eigenvalue weighted by atomic mass is 10.1. The number of nitrogens with zero attached hydrogens (tertiary/aromatic N) is 3. The van der Waals surface area contributed by atoms with E-state index in [0.29, 0.717) is 48.1 Å². The van der Waals surface area contributed by atoms with Gasteiger partial charge >= 0.3 is 0 Å². The molecule has 1 aliphatic rings. The van der Waals surface area contributed by atoms with E-state index < -0.39 is 15.9 Å². The van der Waals surface area contributed by atoms with Gasteiger partial charge < -0.3 is 5.32 Å². The topological polar surface area (TPSA) is 101 Å². The van der Waals surface area contributed by atoms with E-state index in [2.05, 4.69) is 10.4 Å². The van der Waals surface area contributed by atoms with Crippen molar-refractivity contribution in [2.45, 2.75) is 57.4 Å². The SMILES string of the molecule is CCCn1nc(C(=O)Nc2ccc(C)c(S(=O)(=O)N3CCCCCC3)c2)c2ccccc2c1=O. The van der Waals surface area contributed by atoms with Crippen molar-refractivity contribution in [2.24, 2.45) is 0 Å². The Labute approximate surface area is 199 Å². The Morgan fingerprint density at radius 2 is 1.71 bits per heavy atom. The Kier molecular flexibility index (Phi) is 7.13. The molecule has 1 fully saturated rings. The zero-order valence-corrected chi connectivity index (χ0v) is 20.4. The first-order valence-corrected chi connectivity index (χ1v) is 13.2. The third-order valence-corrected chi connectivity index (χ3v) is 8.19. The molecule has 0 spiro atoms. The molecule has 0 saturated carbocycles. The summed E-state index contributed by atoms with van der Waals surface area (Å²) < 4.78 is 29.6. The molecule has 8 nitrogen and oxygen atoms in total. The molecule has 1 aliphatic heterocycles. The van der Waals surface area contributed by atoms with Crippen LogP contribution in [0.5, 0.6) is 0 Å². The molecule has 2 heterocycles. The highest BCUT2D eigenvalue weighted by Gasteiger charge is 2.27. The second-order valence-electron chi connectivity index (χ2n) is 8.68. The van der Waals surface area contributed by atoms with E-state index in [-0.39, 0.29) is 16.1 Å². The van der Waals surface area contributed by atoms with Crippen molar-refractivity contribution in [3.8, 4) is 0 Å². The van der Waals surface area contributed by atoms with Crippen molar-refractivity contribution < 1.29 is 13.2 Å². The van der Waals surface area contributed by atoms with Crippen LogP contribution in [0.3, 0.4) is 0 Å². The number of carbonyl (C=O) groups is 1. The molecule has 0 bridgehead atoms. The maximum Gasteiger partial charge on any atom is 0.276 e. The van der Waals surface area contributed by atoms with Crippen LogP contribution in [0.4, 0.5) is 5.69 Å². The number of aromatic nitrogens is 2. The van der Waals surface area contributed by atoms with Crippen LogP contribution in [0, 0.1) is 6.92 Å². The predicted molar refractivity (Wildman–Crippen MR) is 133 cm³/mol. The molecule has 4 rings (SSSR count). The van der Waals surface area contributed by atoms with Gasteiger partial charge in [-0.3, -0.25) is 9.59 Å². The highest BCUT2D eigenvalue weighted by atomic mass is 32.2. The van der Waals surface area contributed by atoms with Gasteiger partial charge in [-0.1, -0.05) is 44.0 Å². The Hall–Kier alpha value is -3.04. The van der Waals surface area contributed by atoms with Crippen LogP contribution in [0.15, 0.2) is 52.2 Å². The van der Waals surface area contributed by atoms with Crippen LogP contribution in [0.25, 0.3) is 10.8 Å². The van der Waals surface area contributed by atoms with Gasteiger partial charge in [-0.25, -0.2) is 13.1 Å². The van der Waals surface area contributed by atoms with Crippen molar-refractivity contribution >= 4 is 32.4 Å². The third kappa shape index (κ3) is 4.76. The molecule has 180 valence electrons. The molecule has 0 atom stereocenters. The fourth-order valence-corrected chi connectivity index (χ4v) is 6.10. The normalized spacial score (nSPS) is 15.2. The highest BCUT2D eigenvalue weighted by Crippen LogP contribution is 2.26. The summed E-state index contributed by atoms with van der Waals surface area (Å²) in [6.07, 6.45) is 4.45. The maximum absolute atomic E-state index is 13.4. The number of benzene rings is 2. The van der Waals surface area contributed by atoms with Gasteiger partial charge in [0.15, 0.2) is 5.69 Å². The van der Waals surface area contributed by atoms with Crippen LogP contribution in [0.1, 0.15) is 55.1 Å². The van der Waals surface area contributed by atoms with Crippen LogP contribution in [-0.4, -0.2) is 41.5 Å². The predicted octanol–water partition coefficient (Wildman–Crippen LogP) is 3.93. The van der Waals surface area contributed by atoms with Crippen LogP contribution in [0.2, 0.25) is 0 Å². The smallest absolute Gasteiger partial charge is 0.276 e. The molecule has 3 aromatic rings. The van der Waals surface area contributed by atoms with E-state index in [4.69, 9.17) is 0 Å². The van der Waals surface area contributed by atoms with Crippen LogP contribution in [-0.2, 0) is 16.6 Å². The minimum Gasteiger partial charge on any atom is -0.321 e. The van der Waals surface area contributed by atoms with Crippen LogP contribution < -0.4 is 10.9 Å². The van der Waals surface area contributed by atoms with E-state index >= 15 is 0 Å². The van der Waals surface area contributed by atoms with E-state index in [1.54, 1.807) is 47.6 Å². The van der Waals surface area contributed by atoms with Gasteiger partial charge in [0.2, 0.25) is 10.0 Å². The average molecular weight is 483 g/mol. The molecular weight excluding hydrogens is 452 g/mol. The fraction of sp³-hybridized carbons (Fsp3) is 0.400. The van der Waals surface area contributed by atoms with Gasteiger partial charge in [0.1, 0.15) is 0 Å². The second kappa shape index (κ2) is 10.1. The van der Waals surface area contributed by atoms with E-state index in [0.717, 1.165) is 25.7 Å². The zero-order valence-electron chi connectivity index (χ0n) is 19.6. The number of amides is 1. The van der Waals surface area contributed by atoms with Crippen LogP contribution >= 0.6 is 0 Å². The fourth-order valence-electron chi connectivity index (χ4n) is 4.33. The lowest BCUT2D eigenvalue weighted by Gasteiger charge is -2.21. The number of fused-ring (bicyclic) bond motifs is 1. The molecule has 1 saturated heterocycles. The Morgan fingerprint density at radius 3 is 2.38 bits per heavy atom. The standard InChI is InChI=1S/C25H30N4O4S/c1-3-14-29-25(31)21-11-7-6-10-20(21)23(27-29)24(30)26-19-13-12-18(2)22(17-19)34(32,33)28-15-8-4-5-9-16-28/h6-7,10-13,17H,3-5,8-9,14-16H2,1-2H3,(H,26,30). The first-order valence-electron chi connectivity index (χ1n) is 11.7. The quantitative estimate of drug-likeness (QED) is 0.574. The molecule has 2 aromatic carbocycles. The van der Waals surface area contributed by atoms with E-state index in [1.165, 1.54) is 10.7 Å². The van der Waals surface area contributed by atoms with E-state index in [9.17, 15) is 18.0 Å². The summed E-state index contributed by atoms with van der Waals surface area (Å²) in [6, 6.07) is 11.8. The van der Waals surface area contributed by atoms with E-state index in [1.807, 2.05) is 6.92 Å². The molecule has 34 heavy (non-hydrogen) atoms. The lowest BCUT2D eigenvalue weighted by molar-refractivity contribution is 0.102. The van der Waals surface area contributed by atoms with Gasteiger partial charge in [0, 0.05) is 30.7 Å². The molecule has 1 aromatic heterocycles. The Bertz CT molecular complexity index is 1370. The number of sulfonamides is 1. The summed E-state index contributed by atoms with van der Waals surface area (Å²) in [4.78, 5) is 26.2. The summed E-state index contributed by atoms with van der Waals surface area (Å²) in [7, 11) is -3.67. The molecule has 0 unspecified atom stereocenters. The van der Waals surface area contributed by atoms with Crippen molar-refractivity contribution in [3.05, 3.63) is 64.1 Å². The maximum atomic E-state index is 13.4. The summed E-state index contributed by atoms with van der Waals surface area (Å²) in [5.41, 5.74) is 0.877. The number of aryl methyl sites for hydroxylation is 2. The minimum atomic E-state index is -3.67. The molecule has 9 heteroatoms. The first-order chi connectivity index (χ1) is 16.3. The number of anilines is 1. The summed E-state index contributed by atoms with van der Waals surface area (Å²) in [6.45, 7) is 5.10. The lowest BCUT2D eigenvalue weighted by Crippen LogP contribution is -2.32.